The summed E-state index contributed by atoms with van der Waals surface area (Å²) in [4.78, 5) is 0. The maximum absolute atomic E-state index is 3.73. The minimum Gasteiger partial charge on any atom is -0.313 e. The van der Waals surface area contributed by atoms with E-state index in [9.17, 15) is 0 Å². The fourth-order valence-corrected chi connectivity index (χ4v) is 2.26. The Balaban J connectivity index is 2.12. The molecule has 1 aliphatic rings. The third kappa shape index (κ3) is 5.36. The lowest BCUT2D eigenvalue weighted by atomic mass is 9.97. The van der Waals surface area contributed by atoms with Crippen LogP contribution in [0.2, 0.25) is 0 Å². The van der Waals surface area contributed by atoms with Crippen molar-refractivity contribution in [2.75, 3.05) is 6.54 Å². The Morgan fingerprint density at radius 3 is 2.80 bits per heavy atom. The summed E-state index contributed by atoms with van der Waals surface area (Å²) in [6.45, 7) is 5.84. The summed E-state index contributed by atoms with van der Waals surface area (Å²) in [5.74, 6) is 0.899. The van der Waals surface area contributed by atoms with Crippen molar-refractivity contribution in [3.05, 3.63) is 12.2 Å². The zero-order valence-electron chi connectivity index (χ0n) is 10.5. The molecule has 0 aromatic rings. The lowest BCUT2D eigenvalue weighted by Crippen LogP contribution is -2.33. The number of allylic oxidation sites excluding steroid dienone is 1. The molecule has 0 aromatic carbocycles. The maximum atomic E-state index is 3.73. The van der Waals surface area contributed by atoms with E-state index >= 15 is 0 Å². The standard InChI is InChI=1S/C14H27N/c1-3-5-9-13(4-2)12-15-14-10-7-6-8-11-14/h6-7,13-15H,3-5,8-12H2,1-2H3. The van der Waals surface area contributed by atoms with Crippen LogP contribution in [0.5, 0.6) is 0 Å². The average Bonchev–Trinajstić information content (AvgIpc) is 2.31. The number of unbranched alkanes of at least 4 members (excludes halogenated alkanes) is 1. The third-order valence-electron chi connectivity index (χ3n) is 3.51. The molecular weight excluding hydrogens is 182 g/mol. The predicted octanol–water partition coefficient (Wildman–Crippen LogP) is 3.90. The monoisotopic (exact) mass is 209 g/mol. The van der Waals surface area contributed by atoms with Crippen LogP contribution in [-0.4, -0.2) is 12.6 Å². The second-order valence-electron chi connectivity index (χ2n) is 4.81. The number of hydrogen-bond acceptors (Lipinski definition) is 1. The van der Waals surface area contributed by atoms with Crippen molar-refractivity contribution in [2.45, 2.75) is 64.8 Å². The van der Waals surface area contributed by atoms with Crippen LogP contribution in [0, 0.1) is 5.92 Å². The van der Waals surface area contributed by atoms with Gasteiger partial charge in [-0.1, -0.05) is 45.3 Å². The van der Waals surface area contributed by atoms with Crippen LogP contribution < -0.4 is 5.32 Å². The van der Waals surface area contributed by atoms with E-state index in [-0.39, 0.29) is 0 Å². The van der Waals surface area contributed by atoms with Gasteiger partial charge in [0.05, 0.1) is 0 Å². The molecule has 1 heteroatoms. The van der Waals surface area contributed by atoms with Gasteiger partial charge in [-0.15, -0.1) is 0 Å². The summed E-state index contributed by atoms with van der Waals surface area (Å²) in [6, 6.07) is 0.755. The normalized spacial score (nSPS) is 22.9. The second-order valence-corrected chi connectivity index (χ2v) is 4.81. The minimum atomic E-state index is 0.755. The zero-order chi connectivity index (χ0) is 10.9. The largest absolute Gasteiger partial charge is 0.313 e. The van der Waals surface area contributed by atoms with E-state index in [1.165, 1.54) is 51.5 Å². The molecule has 0 radical (unpaired) electrons. The summed E-state index contributed by atoms with van der Waals surface area (Å²) in [6.07, 6.45) is 13.9. The average molecular weight is 209 g/mol. The van der Waals surface area contributed by atoms with Gasteiger partial charge in [0.2, 0.25) is 0 Å². The van der Waals surface area contributed by atoms with Gasteiger partial charge in [-0.05, 0) is 38.1 Å². The lowest BCUT2D eigenvalue weighted by molar-refractivity contribution is 0.375. The summed E-state index contributed by atoms with van der Waals surface area (Å²) in [5.41, 5.74) is 0. The molecule has 1 nitrogen and oxygen atoms in total. The van der Waals surface area contributed by atoms with Gasteiger partial charge < -0.3 is 5.32 Å². The Bertz CT molecular complexity index is 174. The summed E-state index contributed by atoms with van der Waals surface area (Å²) in [5, 5.41) is 3.73. The molecule has 0 aliphatic heterocycles. The highest BCUT2D eigenvalue weighted by molar-refractivity contribution is 4.93. The third-order valence-corrected chi connectivity index (χ3v) is 3.51. The number of rotatable bonds is 7. The van der Waals surface area contributed by atoms with Crippen molar-refractivity contribution >= 4 is 0 Å². The van der Waals surface area contributed by atoms with Gasteiger partial charge >= 0.3 is 0 Å². The van der Waals surface area contributed by atoms with Crippen LogP contribution in [0.15, 0.2) is 12.2 Å². The summed E-state index contributed by atoms with van der Waals surface area (Å²) in [7, 11) is 0. The van der Waals surface area contributed by atoms with Crippen molar-refractivity contribution < 1.29 is 0 Å². The molecule has 0 saturated heterocycles. The minimum absolute atomic E-state index is 0.755. The Morgan fingerprint density at radius 2 is 2.20 bits per heavy atom. The van der Waals surface area contributed by atoms with E-state index in [4.69, 9.17) is 0 Å². The van der Waals surface area contributed by atoms with Gasteiger partial charge in [0, 0.05) is 6.04 Å². The summed E-state index contributed by atoms with van der Waals surface area (Å²) < 4.78 is 0. The van der Waals surface area contributed by atoms with Crippen molar-refractivity contribution in [3.8, 4) is 0 Å². The van der Waals surface area contributed by atoms with Gasteiger partial charge in [-0.3, -0.25) is 0 Å². The van der Waals surface area contributed by atoms with Crippen LogP contribution in [0.1, 0.15) is 58.8 Å². The van der Waals surface area contributed by atoms with Gasteiger partial charge in [0.25, 0.3) is 0 Å². The molecule has 0 fully saturated rings. The first kappa shape index (κ1) is 12.8. The van der Waals surface area contributed by atoms with E-state index in [1.807, 2.05) is 0 Å². The SMILES string of the molecule is CCCCC(CC)CNC1CC=CCC1. The molecule has 1 N–H and O–H groups in total. The summed E-state index contributed by atoms with van der Waals surface area (Å²) >= 11 is 0. The fraction of sp³-hybridized carbons (Fsp3) is 0.857. The fourth-order valence-electron chi connectivity index (χ4n) is 2.26. The topological polar surface area (TPSA) is 12.0 Å². The van der Waals surface area contributed by atoms with Crippen molar-refractivity contribution in [1.29, 1.82) is 0 Å². The Hall–Kier alpha value is -0.300. The van der Waals surface area contributed by atoms with E-state index in [1.54, 1.807) is 0 Å². The molecule has 88 valence electrons. The van der Waals surface area contributed by atoms with E-state index in [0.717, 1.165) is 12.0 Å². The molecule has 2 atom stereocenters. The molecule has 0 spiro atoms. The van der Waals surface area contributed by atoms with Crippen molar-refractivity contribution in [2.24, 2.45) is 5.92 Å². The van der Waals surface area contributed by atoms with Crippen molar-refractivity contribution in [3.63, 3.8) is 0 Å². The van der Waals surface area contributed by atoms with Crippen LogP contribution in [0.3, 0.4) is 0 Å². The highest BCUT2D eigenvalue weighted by atomic mass is 14.9. The molecule has 0 aromatic heterocycles. The maximum Gasteiger partial charge on any atom is 0.0105 e. The van der Waals surface area contributed by atoms with E-state index in [2.05, 4.69) is 31.3 Å². The molecular formula is C14H27N. The molecule has 0 heterocycles. The Morgan fingerprint density at radius 1 is 1.33 bits per heavy atom. The molecule has 0 saturated carbocycles. The highest BCUT2D eigenvalue weighted by Gasteiger charge is 2.11. The van der Waals surface area contributed by atoms with Gasteiger partial charge in [-0.2, -0.15) is 0 Å². The van der Waals surface area contributed by atoms with Crippen LogP contribution in [0.25, 0.3) is 0 Å². The van der Waals surface area contributed by atoms with Crippen molar-refractivity contribution in [1.82, 2.24) is 5.32 Å². The zero-order valence-corrected chi connectivity index (χ0v) is 10.5. The van der Waals surface area contributed by atoms with E-state index < -0.39 is 0 Å². The smallest absolute Gasteiger partial charge is 0.0105 e. The number of nitrogens with one attached hydrogen (secondary N) is 1. The van der Waals surface area contributed by atoms with Crippen LogP contribution >= 0.6 is 0 Å². The lowest BCUT2D eigenvalue weighted by Gasteiger charge is -2.23. The van der Waals surface area contributed by atoms with Gasteiger partial charge in [0.15, 0.2) is 0 Å². The predicted molar refractivity (Wildman–Crippen MR) is 68.1 cm³/mol. The van der Waals surface area contributed by atoms with Crippen LogP contribution in [0.4, 0.5) is 0 Å². The Kier molecular flexibility index (Phi) is 6.74. The molecule has 2 unspecified atom stereocenters. The first-order valence-corrected chi connectivity index (χ1v) is 6.75. The molecule has 0 amide bonds. The quantitative estimate of drug-likeness (QED) is 0.627. The molecule has 1 aliphatic carbocycles. The first-order valence-electron chi connectivity index (χ1n) is 6.75. The first-order chi connectivity index (χ1) is 7.36. The molecule has 15 heavy (non-hydrogen) atoms. The van der Waals surface area contributed by atoms with Crippen LogP contribution in [-0.2, 0) is 0 Å². The highest BCUT2D eigenvalue weighted by Crippen LogP contribution is 2.14. The molecule has 1 rings (SSSR count). The van der Waals surface area contributed by atoms with E-state index in [0.29, 0.717) is 0 Å². The Labute approximate surface area is 95.3 Å². The second kappa shape index (κ2) is 7.92. The molecule has 0 bridgehead atoms. The number of hydrogen-bond donors (Lipinski definition) is 1. The van der Waals surface area contributed by atoms with Gasteiger partial charge in [0.1, 0.15) is 0 Å². The van der Waals surface area contributed by atoms with Gasteiger partial charge in [-0.25, -0.2) is 0 Å².